The molecule has 0 bridgehead atoms. The summed E-state index contributed by atoms with van der Waals surface area (Å²) in [4.78, 5) is 3.94. The van der Waals surface area contributed by atoms with Gasteiger partial charge in [-0.2, -0.15) is 0 Å². The Labute approximate surface area is 88.8 Å². The van der Waals surface area contributed by atoms with Gasteiger partial charge in [0.05, 0.1) is 17.6 Å². The van der Waals surface area contributed by atoms with Crippen molar-refractivity contribution in [1.29, 1.82) is 0 Å². The lowest BCUT2D eigenvalue weighted by Gasteiger charge is -2.10. The number of amidine groups is 1. The summed E-state index contributed by atoms with van der Waals surface area (Å²) < 4.78 is 18.7. The van der Waals surface area contributed by atoms with Gasteiger partial charge in [-0.05, 0) is 32.9 Å². The number of nitrogens with two attached hydrogens (primary N) is 1. The van der Waals surface area contributed by atoms with Gasteiger partial charge in [0.25, 0.3) is 0 Å². The summed E-state index contributed by atoms with van der Waals surface area (Å²) in [6, 6.07) is 4.52. The summed E-state index contributed by atoms with van der Waals surface area (Å²) >= 11 is 0. The summed E-state index contributed by atoms with van der Waals surface area (Å²) in [7, 11) is 0. The predicted molar refractivity (Wildman–Crippen MR) is 59.1 cm³/mol. The molecule has 1 aromatic rings. The molecule has 0 fully saturated rings. The Morgan fingerprint density at radius 2 is 2.13 bits per heavy atom. The van der Waals surface area contributed by atoms with Crippen LogP contribution in [0.1, 0.15) is 20.8 Å². The fourth-order valence-corrected chi connectivity index (χ4v) is 1.11. The normalized spacial score (nSPS) is 11.9. The van der Waals surface area contributed by atoms with E-state index in [-0.39, 0.29) is 11.9 Å². The first-order chi connectivity index (χ1) is 6.99. The molecule has 0 saturated heterocycles. The van der Waals surface area contributed by atoms with E-state index in [1.165, 1.54) is 6.07 Å². The van der Waals surface area contributed by atoms with Gasteiger partial charge < -0.3 is 10.5 Å². The van der Waals surface area contributed by atoms with Crippen molar-refractivity contribution < 1.29 is 9.13 Å². The van der Waals surface area contributed by atoms with Gasteiger partial charge in [-0.3, -0.25) is 0 Å². The third-order valence-electron chi connectivity index (χ3n) is 1.58. The van der Waals surface area contributed by atoms with Crippen molar-refractivity contribution in [3.8, 4) is 5.75 Å². The smallest absolute Gasteiger partial charge is 0.167 e. The van der Waals surface area contributed by atoms with Crippen LogP contribution in [0.2, 0.25) is 0 Å². The molecular formula is C11H15FN2O. The van der Waals surface area contributed by atoms with Crippen LogP contribution in [0.5, 0.6) is 5.75 Å². The van der Waals surface area contributed by atoms with E-state index < -0.39 is 5.82 Å². The van der Waals surface area contributed by atoms with Crippen LogP contribution < -0.4 is 10.5 Å². The van der Waals surface area contributed by atoms with E-state index in [4.69, 9.17) is 10.5 Å². The summed E-state index contributed by atoms with van der Waals surface area (Å²) in [5, 5.41) is 0. The summed E-state index contributed by atoms with van der Waals surface area (Å²) in [5.41, 5.74) is 5.88. The van der Waals surface area contributed by atoms with Gasteiger partial charge in [0.15, 0.2) is 11.6 Å². The van der Waals surface area contributed by atoms with Crippen LogP contribution >= 0.6 is 0 Å². The molecule has 0 aliphatic carbocycles. The number of aliphatic imine (C=N–C) groups is 1. The Balaban J connectivity index is 2.93. The fraction of sp³-hybridized carbons (Fsp3) is 0.364. The van der Waals surface area contributed by atoms with Crippen molar-refractivity contribution in [2.24, 2.45) is 10.7 Å². The molecule has 0 aliphatic heterocycles. The maximum absolute atomic E-state index is 13.4. The van der Waals surface area contributed by atoms with Crippen LogP contribution in [0.25, 0.3) is 0 Å². The van der Waals surface area contributed by atoms with Gasteiger partial charge in [0.1, 0.15) is 0 Å². The van der Waals surface area contributed by atoms with Crippen LogP contribution in [-0.2, 0) is 0 Å². The van der Waals surface area contributed by atoms with Gasteiger partial charge in [0, 0.05) is 6.07 Å². The molecule has 0 atom stereocenters. The van der Waals surface area contributed by atoms with E-state index in [1.54, 1.807) is 19.1 Å². The monoisotopic (exact) mass is 210 g/mol. The minimum Gasteiger partial charge on any atom is -0.488 e. The number of hydrogen-bond acceptors (Lipinski definition) is 2. The molecule has 0 spiro atoms. The highest BCUT2D eigenvalue weighted by Crippen LogP contribution is 2.23. The Bertz CT molecular complexity index is 371. The molecule has 0 heterocycles. The second kappa shape index (κ2) is 4.77. The molecule has 82 valence electrons. The SMILES string of the molecule is CC(N)=Nc1ccc(OC(C)C)c(F)c1. The third kappa shape index (κ3) is 3.58. The fourth-order valence-electron chi connectivity index (χ4n) is 1.11. The molecule has 4 heteroatoms. The summed E-state index contributed by atoms with van der Waals surface area (Å²) in [6.45, 7) is 5.33. The maximum Gasteiger partial charge on any atom is 0.167 e. The first-order valence-electron chi connectivity index (χ1n) is 4.76. The van der Waals surface area contributed by atoms with Crippen molar-refractivity contribution in [3.63, 3.8) is 0 Å². The van der Waals surface area contributed by atoms with Gasteiger partial charge in [-0.1, -0.05) is 0 Å². The first kappa shape index (κ1) is 11.5. The van der Waals surface area contributed by atoms with Gasteiger partial charge in [-0.25, -0.2) is 9.38 Å². The lowest BCUT2D eigenvalue weighted by atomic mass is 10.3. The molecule has 0 aromatic heterocycles. The molecule has 0 unspecified atom stereocenters. The third-order valence-corrected chi connectivity index (χ3v) is 1.58. The number of halogens is 1. The van der Waals surface area contributed by atoms with E-state index in [0.717, 1.165) is 0 Å². The molecular weight excluding hydrogens is 195 g/mol. The molecule has 0 aliphatic rings. The molecule has 1 rings (SSSR count). The highest BCUT2D eigenvalue weighted by molar-refractivity contribution is 5.80. The number of nitrogens with zero attached hydrogens (tertiary/aromatic N) is 1. The van der Waals surface area contributed by atoms with Crippen molar-refractivity contribution in [3.05, 3.63) is 24.0 Å². The quantitative estimate of drug-likeness (QED) is 0.615. The van der Waals surface area contributed by atoms with Crippen molar-refractivity contribution in [2.45, 2.75) is 26.9 Å². The highest BCUT2D eigenvalue weighted by Gasteiger charge is 2.05. The number of benzene rings is 1. The van der Waals surface area contributed by atoms with Crippen molar-refractivity contribution >= 4 is 11.5 Å². The molecule has 1 aromatic carbocycles. The molecule has 0 saturated carbocycles. The Morgan fingerprint density at radius 1 is 1.47 bits per heavy atom. The second-order valence-corrected chi connectivity index (χ2v) is 3.53. The Hall–Kier alpha value is -1.58. The number of ether oxygens (including phenoxy) is 1. The van der Waals surface area contributed by atoms with Crippen LogP contribution in [0.15, 0.2) is 23.2 Å². The van der Waals surface area contributed by atoms with Crippen LogP contribution in [0.4, 0.5) is 10.1 Å². The standard InChI is InChI=1S/C11H15FN2O/c1-7(2)15-11-5-4-9(6-10(11)12)14-8(3)13/h4-7H,1-3H3,(H2,13,14). The maximum atomic E-state index is 13.4. The van der Waals surface area contributed by atoms with Crippen LogP contribution in [0.3, 0.4) is 0 Å². The molecule has 15 heavy (non-hydrogen) atoms. The molecule has 3 nitrogen and oxygen atoms in total. The van der Waals surface area contributed by atoms with Gasteiger partial charge >= 0.3 is 0 Å². The first-order valence-corrected chi connectivity index (χ1v) is 4.76. The van der Waals surface area contributed by atoms with E-state index >= 15 is 0 Å². The Kier molecular flexibility index (Phi) is 3.66. The van der Waals surface area contributed by atoms with E-state index in [0.29, 0.717) is 11.5 Å². The lowest BCUT2D eigenvalue weighted by Crippen LogP contribution is -2.07. The number of hydrogen-bond donors (Lipinski definition) is 1. The molecule has 0 amide bonds. The second-order valence-electron chi connectivity index (χ2n) is 3.53. The van der Waals surface area contributed by atoms with Gasteiger partial charge in [-0.15, -0.1) is 0 Å². The van der Waals surface area contributed by atoms with Gasteiger partial charge in [0.2, 0.25) is 0 Å². The summed E-state index contributed by atoms with van der Waals surface area (Å²) in [5.74, 6) is 0.205. The predicted octanol–water partition coefficient (Wildman–Crippen LogP) is 2.62. The van der Waals surface area contributed by atoms with Crippen molar-refractivity contribution in [1.82, 2.24) is 0 Å². The zero-order chi connectivity index (χ0) is 11.4. The zero-order valence-electron chi connectivity index (χ0n) is 9.12. The molecule has 2 N–H and O–H groups in total. The minimum atomic E-state index is -0.425. The van der Waals surface area contributed by atoms with E-state index in [1.807, 2.05) is 13.8 Å². The average Bonchev–Trinajstić information content (AvgIpc) is 2.08. The van der Waals surface area contributed by atoms with Crippen LogP contribution in [0, 0.1) is 5.82 Å². The van der Waals surface area contributed by atoms with Crippen LogP contribution in [-0.4, -0.2) is 11.9 Å². The highest BCUT2D eigenvalue weighted by atomic mass is 19.1. The minimum absolute atomic E-state index is 0.0508. The topological polar surface area (TPSA) is 47.6 Å². The largest absolute Gasteiger partial charge is 0.488 e. The van der Waals surface area contributed by atoms with E-state index in [2.05, 4.69) is 4.99 Å². The average molecular weight is 210 g/mol. The summed E-state index contributed by atoms with van der Waals surface area (Å²) in [6.07, 6.45) is -0.0508. The molecule has 0 radical (unpaired) electrons. The number of rotatable bonds is 3. The lowest BCUT2D eigenvalue weighted by molar-refractivity contribution is 0.231. The Morgan fingerprint density at radius 3 is 2.60 bits per heavy atom. The zero-order valence-corrected chi connectivity index (χ0v) is 9.12. The van der Waals surface area contributed by atoms with Crippen molar-refractivity contribution in [2.75, 3.05) is 0 Å². The van der Waals surface area contributed by atoms with E-state index in [9.17, 15) is 4.39 Å².